The standard InChI is InChI=1S/C22H27N3O3/c23-12-6-13-24(16-18-7-2-1-3-8-18)22(27)17-28-20-10-4-9-19(15-20)25-14-5-11-21(25)26/h1-4,7-10,15H,5-6,11-14,16-17,23H2. The topological polar surface area (TPSA) is 75.9 Å². The Morgan fingerprint density at radius 1 is 1.14 bits per heavy atom. The Morgan fingerprint density at radius 2 is 1.96 bits per heavy atom. The van der Waals surface area contributed by atoms with E-state index in [4.69, 9.17) is 10.5 Å². The number of amides is 2. The zero-order valence-electron chi connectivity index (χ0n) is 16.0. The summed E-state index contributed by atoms with van der Waals surface area (Å²) in [6.07, 6.45) is 2.20. The molecule has 6 heteroatoms. The third-order valence-electron chi connectivity index (χ3n) is 4.77. The number of ether oxygens (including phenoxy) is 1. The summed E-state index contributed by atoms with van der Waals surface area (Å²) in [7, 11) is 0. The first-order valence-electron chi connectivity index (χ1n) is 9.72. The number of rotatable bonds is 9. The summed E-state index contributed by atoms with van der Waals surface area (Å²) in [5.41, 5.74) is 7.51. The molecule has 0 atom stereocenters. The van der Waals surface area contributed by atoms with Crippen LogP contribution in [0.4, 0.5) is 5.69 Å². The van der Waals surface area contributed by atoms with Gasteiger partial charge in [-0.15, -0.1) is 0 Å². The van der Waals surface area contributed by atoms with E-state index in [1.54, 1.807) is 15.9 Å². The van der Waals surface area contributed by atoms with Crippen molar-refractivity contribution in [3.63, 3.8) is 0 Å². The fourth-order valence-electron chi connectivity index (χ4n) is 3.28. The number of anilines is 1. The summed E-state index contributed by atoms with van der Waals surface area (Å²) >= 11 is 0. The minimum Gasteiger partial charge on any atom is -0.484 e. The van der Waals surface area contributed by atoms with Crippen molar-refractivity contribution in [1.82, 2.24) is 4.90 Å². The molecule has 1 fully saturated rings. The number of nitrogens with zero attached hydrogens (tertiary/aromatic N) is 2. The van der Waals surface area contributed by atoms with Crippen LogP contribution in [0.15, 0.2) is 54.6 Å². The summed E-state index contributed by atoms with van der Waals surface area (Å²) in [5.74, 6) is 0.632. The maximum absolute atomic E-state index is 12.7. The molecule has 0 saturated carbocycles. The van der Waals surface area contributed by atoms with Gasteiger partial charge in [0.1, 0.15) is 5.75 Å². The van der Waals surface area contributed by atoms with Crippen molar-refractivity contribution in [3.8, 4) is 5.75 Å². The smallest absolute Gasteiger partial charge is 0.260 e. The van der Waals surface area contributed by atoms with Gasteiger partial charge < -0.3 is 20.3 Å². The first kappa shape index (κ1) is 19.9. The lowest BCUT2D eigenvalue weighted by Crippen LogP contribution is -2.36. The number of hydrogen-bond acceptors (Lipinski definition) is 4. The molecule has 1 heterocycles. The van der Waals surface area contributed by atoms with Crippen LogP contribution >= 0.6 is 0 Å². The minimum absolute atomic E-state index is 0.0468. The first-order chi connectivity index (χ1) is 13.7. The average molecular weight is 381 g/mol. The number of carbonyl (C=O) groups is 2. The van der Waals surface area contributed by atoms with Crippen molar-refractivity contribution in [1.29, 1.82) is 0 Å². The van der Waals surface area contributed by atoms with Crippen LogP contribution in [-0.2, 0) is 16.1 Å². The number of carbonyl (C=O) groups excluding carboxylic acids is 2. The Hall–Kier alpha value is -2.86. The van der Waals surface area contributed by atoms with E-state index in [2.05, 4.69) is 0 Å². The van der Waals surface area contributed by atoms with Gasteiger partial charge in [-0.2, -0.15) is 0 Å². The zero-order valence-corrected chi connectivity index (χ0v) is 16.0. The van der Waals surface area contributed by atoms with E-state index in [0.717, 1.165) is 30.6 Å². The van der Waals surface area contributed by atoms with Crippen LogP contribution < -0.4 is 15.4 Å². The molecule has 2 aromatic rings. The van der Waals surface area contributed by atoms with Gasteiger partial charge in [0, 0.05) is 37.8 Å². The Kier molecular flexibility index (Phi) is 7.03. The summed E-state index contributed by atoms with van der Waals surface area (Å²) in [6, 6.07) is 17.2. The predicted molar refractivity (Wildman–Crippen MR) is 109 cm³/mol. The second-order valence-electron chi connectivity index (χ2n) is 6.88. The highest BCUT2D eigenvalue weighted by Crippen LogP contribution is 2.25. The molecule has 0 aliphatic carbocycles. The Bertz CT molecular complexity index is 795. The second kappa shape index (κ2) is 9.90. The van der Waals surface area contributed by atoms with Crippen molar-refractivity contribution >= 4 is 17.5 Å². The minimum atomic E-state index is -0.0834. The highest BCUT2D eigenvalue weighted by molar-refractivity contribution is 5.95. The van der Waals surface area contributed by atoms with Gasteiger partial charge in [0.15, 0.2) is 6.61 Å². The largest absolute Gasteiger partial charge is 0.484 e. The van der Waals surface area contributed by atoms with Crippen molar-refractivity contribution < 1.29 is 14.3 Å². The lowest BCUT2D eigenvalue weighted by atomic mass is 10.2. The van der Waals surface area contributed by atoms with E-state index in [0.29, 0.717) is 31.8 Å². The van der Waals surface area contributed by atoms with E-state index in [9.17, 15) is 9.59 Å². The van der Waals surface area contributed by atoms with Gasteiger partial charge in [0.05, 0.1) is 0 Å². The SMILES string of the molecule is NCCCN(Cc1ccccc1)C(=O)COc1cccc(N2CCCC2=O)c1. The summed E-state index contributed by atoms with van der Waals surface area (Å²) < 4.78 is 5.74. The molecule has 0 radical (unpaired) electrons. The van der Waals surface area contributed by atoms with Crippen molar-refractivity contribution in [2.24, 2.45) is 5.73 Å². The molecule has 1 saturated heterocycles. The van der Waals surface area contributed by atoms with Crippen LogP contribution in [0.1, 0.15) is 24.8 Å². The van der Waals surface area contributed by atoms with Gasteiger partial charge >= 0.3 is 0 Å². The van der Waals surface area contributed by atoms with Crippen molar-refractivity contribution in [2.75, 3.05) is 31.1 Å². The Morgan fingerprint density at radius 3 is 2.68 bits per heavy atom. The van der Waals surface area contributed by atoms with Gasteiger partial charge in [0.2, 0.25) is 5.91 Å². The molecule has 2 aromatic carbocycles. The molecule has 6 nitrogen and oxygen atoms in total. The Balaban J connectivity index is 1.61. The van der Waals surface area contributed by atoms with E-state index in [1.807, 2.05) is 48.5 Å². The van der Waals surface area contributed by atoms with Crippen LogP contribution in [-0.4, -0.2) is 43.0 Å². The molecular formula is C22H27N3O3. The third-order valence-corrected chi connectivity index (χ3v) is 4.77. The third kappa shape index (κ3) is 5.33. The summed E-state index contributed by atoms with van der Waals surface area (Å²) in [6.45, 7) is 2.34. The number of benzene rings is 2. The summed E-state index contributed by atoms with van der Waals surface area (Å²) in [5, 5.41) is 0. The molecule has 3 rings (SSSR count). The van der Waals surface area contributed by atoms with Gasteiger partial charge in [0.25, 0.3) is 5.91 Å². The lowest BCUT2D eigenvalue weighted by molar-refractivity contribution is -0.134. The molecule has 2 N–H and O–H groups in total. The fourth-order valence-corrected chi connectivity index (χ4v) is 3.28. The van der Waals surface area contributed by atoms with Gasteiger partial charge in [-0.3, -0.25) is 9.59 Å². The molecule has 0 aromatic heterocycles. The molecule has 28 heavy (non-hydrogen) atoms. The molecule has 1 aliphatic rings. The summed E-state index contributed by atoms with van der Waals surface area (Å²) in [4.78, 5) is 28.2. The first-order valence-corrected chi connectivity index (χ1v) is 9.72. The molecule has 0 spiro atoms. The maximum Gasteiger partial charge on any atom is 0.260 e. The van der Waals surface area contributed by atoms with E-state index < -0.39 is 0 Å². The highest BCUT2D eigenvalue weighted by atomic mass is 16.5. The number of nitrogens with two attached hydrogens (primary N) is 1. The van der Waals surface area contributed by atoms with Crippen LogP contribution in [0.3, 0.4) is 0 Å². The highest BCUT2D eigenvalue weighted by Gasteiger charge is 2.22. The van der Waals surface area contributed by atoms with Gasteiger partial charge in [-0.25, -0.2) is 0 Å². The zero-order chi connectivity index (χ0) is 19.8. The average Bonchev–Trinajstić information content (AvgIpc) is 3.16. The molecule has 0 unspecified atom stereocenters. The van der Waals surface area contributed by atoms with Crippen molar-refractivity contribution in [2.45, 2.75) is 25.8 Å². The predicted octanol–water partition coefficient (Wildman–Crippen LogP) is 2.57. The van der Waals surface area contributed by atoms with Crippen LogP contribution in [0.25, 0.3) is 0 Å². The van der Waals surface area contributed by atoms with E-state index in [-0.39, 0.29) is 18.4 Å². The Labute approximate surface area is 165 Å². The van der Waals surface area contributed by atoms with E-state index >= 15 is 0 Å². The molecule has 2 amide bonds. The lowest BCUT2D eigenvalue weighted by Gasteiger charge is -2.23. The van der Waals surface area contributed by atoms with Gasteiger partial charge in [-0.05, 0) is 37.1 Å². The second-order valence-corrected chi connectivity index (χ2v) is 6.88. The van der Waals surface area contributed by atoms with Crippen LogP contribution in [0.5, 0.6) is 5.75 Å². The van der Waals surface area contributed by atoms with Crippen LogP contribution in [0, 0.1) is 0 Å². The molecular weight excluding hydrogens is 354 g/mol. The molecule has 0 bridgehead atoms. The van der Waals surface area contributed by atoms with Gasteiger partial charge in [-0.1, -0.05) is 36.4 Å². The van der Waals surface area contributed by atoms with Crippen molar-refractivity contribution in [3.05, 3.63) is 60.2 Å². The molecule has 148 valence electrons. The number of hydrogen-bond donors (Lipinski definition) is 1. The monoisotopic (exact) mass is 381 g/mol. The van der Waals surface area contributed by atoms with E-state index in [1.165, 1.54) is 0 Å². The fraction of sp³-hybridized carbons (Fsp3) is 0.364. The molecule has 1 aliphatic heterocycles. The quantitative estimate of drug-likeness (QED) is 0.724. The van der Waals surface area contributed by atoms with Crippen LogP contribution in [0.2, 0.25) is 0 Å². The normalized spacial score (nSPS) is 13.6. The maximum atomic E-state index is 12.7.